The quantitative estimate of drug-likeness (QED) is 0.632. The molecule has 1 saturated carbocycles. The summed E-state index contributed by atoms with van der Waals surface area (Å²) in [6.45, 7) is 1.76. The molecule has 0 aromatic carbocycles. The number of thioether (sulfide) groups is 1. The Morgan fingerprint density at radius 1 is 1.53 bits per heavy atom. The summed E-state index contributed by atoms with van der Waals surface area (Å²) in [5.41, 5.74) is 5.06. The highest BCUT2D eigenvalue weighted by atomic mass is 32.2. The molecule has 104 valence electrons. The number of nitrogens with two attached hydrogens (primary N) is 1. The first-order valence-electron chi connectivity index (χ1n) is 6.73. The van der Waals surface area contributed by atoms with Crippen LogP contribution < -0.4 is 5.73 Å². The third kappa shape index (κ3) is 3.91. The van der Waals surface area contributed by atoms with E-state index in [1.54, 1.807) is 18.7 Å². The minimum absolute atomic E-state index is 0.469. The summed E-state index contributed by atoms with van der Waals surface area (Å²) in [6, 6.07) is 2.58. The Morgan fingerprint density at radius 2 is 2.26 bits per heavy atom. The summed E-state index contributed by atoms with van der Waals surface area (Å²) in [6.07, 6.45) is 6.47. The number of rotatable bonds is 6. The zero-order valence-electron chi connectivity index (χ0n) is 11.2. The van der Waals surface area contributed by atoms with Gasteiger partial charge in [-0.1, -0.05) is 24.6 Å². The third-order valence-corrected chi connectivity index (χ3v) is 4.48. The van der Waals surface area contributed by atoms with E-state index in [1.807, 2.05) is 4.68 Å². The van der Waals surface area contributed by atoms with Gasteiger partial charge in [0.1, 0.15) is 5.54 Å². The van der Waals surface area contributed by atoms with Crippen molar-refractivity contribution in [2.24, 2.45) is 5.73 Å². The fourth-order valence-electron chi connectivity index (χ4n) is 2.32. The minimum Gasteiger partial charge on any atom is -0.314 e. The summed E-state index contributed by atoms with van der Waals surface area (Å²) >= 11 is 1.65. The average molecular weight is 280 g/mol. The smallest absolute Gasteiger partial charge is 0.209 e. The van der Waals surface area contributed by atoms with Gasteiger partial charge in [0, 0.05) is 5.75 Å². The van der Waals surface area contributed by atoms with E-state index in [-0.39, 0.29) is 0 Å². The van der Waals surface area contributed by atoms with Gasteiger partial charge in [0.05, 0.1) is 12.1 Å². The normalized spacial score (nSPS) is 19.2. The zero-order valence-corrected chi connectivity index (χ0v) is 12.1. The van der Waals surface area contributed by atoms with Crippen LogP contribution >= 0.6 is 11.8 Å². The number of hydrogen-bond acceptors (Lipinski definition) is 6. The molecule has 0 amide bonds. The van der Waals surface area contributed by atoms with Gasteiger partial charge in [0.25, 0.3) is 0 Å². The van der Waals surface area contributed by atoms with Gasteiger partial charge in [0.15, 0.2) is 0 Å². The Labute approximate surface area is 117 Å². The van der Waals surface area contributed by atoms with Crippen LogP contribution in [0.25, 0.3) is 0 Å². The predicted octanol–water partition coefficient (Wildman–Crippen LogP) is 1.90. The maximum Gasteiger partial charge on any atom is 0.209 e. The molecule has 0 bridgehead atoms. The molecule has 1 aromatic rings. The molecule has 1 aliphatic rings. The van der Waals surface area contributed by atoms with Crippen LogP contribution in [0.4, 0.5) is 0 Å². The van der Waals surface area contributed by atoms with Crippen molar-refractivity contribution >= 4 is 11.8 Å². The SMILES string of the molecule is CC(N)(C#N)CCCSc1nnnn1C1CCCC1. The van der Waals surface area contributed by atoms with Gasteiger partial charge in [-0.15, -0.1) is 5.10 Å². The lowest BCUT2D eigenvalue weighted by Gasteiger charge is -2.14. The van der Waals surface area contributed by atoms with Crippen LogP contribution in [0.1, 0.15) is 51.5 Å². The highest BCUT2D eigenvalue weighted by Gasteiger charge is 2.22. The van der Waals surface area contributed by atoms with Gasteiger partial charge in [-0.3, -0.25) is 0 Å². The lowest BCUT2D eigenvalue weighted by Crippen LogP contribution is -2.33. The molecular weight excluding hydrogens is 260 g/mol. The van der Waals surface area contributed by atoms with E-state index in [9.17, 15) is 0 Å². The molecule has 0 saturated heterocycles. The highest BCUT2D eigenvalue weighted by Crippen LogP contribution is 2.31. The molecule has 19 heavy (non-hydrogen) atoms. The van der Waals surface area contributed by atoms with E-state index >= 15 is 0 Å². The first-order chi connectivity index (χ1) is 9.12. The summed E-state index contributed by atoms with van der Waals surface area (Å²) in [4.78, 5) is 0. The molecule has 0 aliphatic heterocycles. The van der Waals surface area contributed by atoms with Crippen LogP contribution in [0.15, 0.2) is 5.16 Å². The van der Waals surface area contributed by atoms with Crippen molar-refractivity contribution in [1.82, 2.24) is 20.2 Å². The van der Waals surface area contributed by atoms with Crippen LogP contribution in [-0.2, 0) is 0 Å². The second-order valence-corrected chi connectivity index (χ2v) is 6.39. The number of tetrazole rings is 1. The number of aromatic nitrogens is 4. The van der Waals surface area contributed by atoms with Crippen LogP contribution in [0.2, 0.25) is 0 Å². The van der Waals surface area contributed by atoms with Gasteiger partial charge >= 0.3 is 0 Å². The second-order valence-electron chi connectivity index (χ2n) is 5.33. The van der Waals surface area contributed by atoms with Gasteiger partial charge in [0.2, 0.25) is 5.16 Å². The Morgan fingerprint density at radius 3 is 2.95 bits per heavy atom. The van der Waals surface area contributed by atoms with Crippen molar-refractivity contribution in [3.05, 3.63) is 0 Å². The van der Waals surface area contributed by atoms with E-state index < -0.39 is 5.54 Å². The molecule has 1 fully saturated rings. The number of hydrogen-bond donors (Lipinski definition) is 1. The van der Waals surface area contributed by atoms with E-state index in [4.69, 9.17) is 11.0 Å². The van der Waals surface area contributed by atoms with E-state index in [2.05, 4.69) is 21.6 Å². The van der Waals surface area contributed by atoms with Gasteiger partial charge in [-0.25, -0.2) is 4.68 Å². The fraction of sp³-hybridized carbons (Fsp3) is 0.833. The zero-order chi connectivity index (χ0) is 13.7. The van der Waals surface area contributed by atoms with Crippen LogP contribution in [0, 0.1) is 11.3 Å². The van der Waals surface area contributed by atoms with Gasteiger partial charge in [-0.2, -0.15) is 5.26 Å². The van der Waals surface area contributed by atoms with Crippen molar-refractivity contribution in [2.45, 2.75) is 62.2 Å². The van der Waals surface area contributed by atoms with Gasteiger partial charge in [-0.05, 0) is 43.0 Å². The first-order valence-corrected chi connectivity index (χ1v) is 7.72. The fourth-order valence-corrected chi connectivity index (χ4v) is 3.20. The molecule has 0 spiro atoms. The highest BCUT2D eigenvalue weighted by molar-refractivity contribution is 7.99. The Kier molecular flexibility index (Phi) is 4.77. The lowest BCUT2D eigenvalue weighted by atomic mass is 10.0. The molecule has 7 heteroatoms. The molecule has 6 nitrogen and oxygen atoms in total. The molecule has 1 aromatic heterocycles. The predicted molar refractivity (Wildman–Crippen MR) is 73.5 cm³/mol. The van der Waals surface area contributed by atoms with Crippen molar-refractivity contribution in [2.75, 3.05) is 5.75 Å². The molecule has 2 rings (SSSR count). The summed E-state index contributed by atoms with van der Waals surface area (Å²) in [5, 5.41) is 21.7. The summed E-state index contributed by atoms with van der Waals surface area (Å²) in [7, 11) is 0. The van der Waals surface area contributed by atoms with Gasteiger partial charge < -0.3 is 5.73 Å². The van der Waals surface area contributed by atoms with Crippen molar-refractivity contribution in [3.63, 3.8) is 0 Å². The maximum absolute atomic E-state index is 8.85. The number of nitrogens with zero attached hydrogens (tertiary/aromatic N) is 5. The first kappa shape index (κ1) is 14.3. The molecule has 2 N–H and O–H groups in total. The van der Waals surface area contributed by atoms with Crippen LogP contribution in [0.3, 0.4) is 0 Å². The lowest BCUT2D eigenvalue weighted by molar-refractivity contribution is 0.423. The van der Waals surface area contributed by atoms with Crippen molar-refractivity contribution < 1.29 is 0 Å². The maximum atomic E-state index is 8.85. The topological polar surface area (TPSA) is 93.4 Å². The Balaban J connectivity index is 1.80. The molecule has 1 atom stereocenters. The molecule has 0 radical (unpaired) electrons. The molecular formula is C12H20N6S. The monoisotopic (exact) mass is 280 g/mol. The Hall–Kier alpha value is -1.13. The molecule has 1 unspecified atom stereocenters. The van der Waals surface area contributed by atoms with Crippen LogP contribution in [-0.4, -0.2) is 31.5 Å². The summed E-state index contributed by atoms with van der Waals surface area (Å²) in [5.74, 6) is 0.890. The Bertz CT molecular complexity index is 443. The van der Waals surface area contributed by atoms with Crippen LogP contribution in [0.5, 0.6) is 0 Å². The molecule has 1 heterocycles. The molecule has 1 aliphatic carbocycles. The number of nitriles is 1. The third-order valence-electron chi connectivity index (χ3n) is 3.46. The average Bonchev–Trinajstić information content (AvgIpc) is 3.05. The van der Waals surface area contributed by atoms with E-state index in [1.165, 1.54) is 25.7 Å². The standard InChI is InChI=1S/C12H20N6S/c1-12(14,9-13)7-4-8-19-11-15-16-17-18(11)10-5-2-3-6-10/h10H,2-8,14H2,1H3. The van der Waals surface area contributed by atoms with Crippen molar-refractivity contribution in [1.29, 1.82) is 5.26 Å². The summed E-state index contributed by atoms with van der Waals surface area (Å²) < 4.78 is 1.96. The van der Waals surface area contributed by atoms with E-state index in [0.717, 1.165) is 17.3 Å². The largest absolute Gasteiger partial charge is 0.314 e. The van der Waals surface area contributed by atoms with Crippen molar-refractivity contribution in [3.8, 4) is 6.07 Å². The minimum atomic E-state index is -0.724. The van der Waals surface area contributed by atoms with E-state index in [0.29, 0.717) is 12.5 Å². The second kappa shape index (κ2) is 6.35.